The number of aliphatic hydroxyl groups is 1. The van der Waals surface area contributed by atoms with Gasteiger partial charge in [0, 0.05) is 30.2 Å². The number of ketones is 1. The SMILES string of the molecule is CCOc1cccc(N2C(=O)C(=O)/C(=C(/O)c3cc(OC)c(Cl)cc3OC)C2c2ccncc2)c1. The monoisotopic (exact) mass is 494 g/mol. The molecule has 1 amide bonds. The fourth-order valence-corrected chi connectivity index (χ4v) is 4.27. The van der Waals surface area contributed by atoms with Gasteiger partial charge < -0.3 is 19.3 Å². The second-order valence-electron chi connectivity index (χ2n) is 7.57. The van der Waals surface area contributed by atoms with Crippen LogP contribution >= 0.6 is 11.6 Å². The average molecular weight is 495 g/mol. The number of amides is 1. The van der Waals surface area contributed by atoms with Crippen LogP contribution in [0.4, 0.5) is 5.69 Å². The molecule has 1 aliphatic heterocycles. The lowest BCUT2D eigenvalue weighted by Crippen LogP contribution is -2.29. The number of methoxy groups -OCH3 is 2. The van der Waals surface area contributed by atoms with Crippen LogP contribution in [0.2, 0.25) is 5.02 Å². The lowest BCUT2D eigenvalue weighted by molar-refractivity contribution is -0.132. The van der Waals surface area contributed by atoms with Crippen molar-refractivity contribution in [2.24, 2.45) is 0 Å². The van der Waals surface area contributed by atoms with E-state index in [9.17, 15) is 14.7 Å². The molecule has 0 bridgehead atoms. The van der Waals surface area contributed by atoms with E-state index in [1.54, 1.807) is 48.8 Å². The molecule has 2 heterocycles. The molecule has 3 aromatic rings. The Hall–Kier alpha value is -4.04. The summed E-state index contributed by atoms with van der Waals surface area (Å²) in [5.74, 6) is -1.02. The van der Waals surface area contributed by atoms with Gasteiger partial charge in [-0.25, -0.2) is 0 Å². The summed E-state index contributed by atoms with van der Waals surface area (Å²) in [5.41, 5.74) is 1.08. The molecule has 2 aromatic carbocycles. The van der Waals surface area contributed by atoms with Gasteiger partial charge >= 0.3 is 0 Å². The molecule has 1 atom stereocenters. The Balaban J connectivity index is 1.96. The molecule has 1 fully saturated rings. The van der Waals surface area contributed by atoms with Crippen molar-refractivity contribution in [3.8, 4) is 17.2 Å². The first-order valence-electron chi connectivity index (χ1n) is 10.8. The normalized spacial score (nSPS) is 16.9. The maximum absolute atomic E-state index is 13.4. The molecule has 1 N–H and O–H groups in total. The maximum Gasteiger partial charge on any atom is 0.300 e. The molecule has 9 heteroatoms. The quantitative estimate of drug-likeness (QED) is 0.287. The summed E-state index contributed by atoms with van der Waals surface area (Å²) >= 11 is 6.21. The van der Waals surface area contributed by atoms with Gasteiger partial charge in [0.1, 0.15) is 23.0 Å². The number of hydrogen-bond acceptors (Lipinski definition) is 7. The van der Waals surface area contributed by atoms with Crippen LogP contribution in [0.25, 0.3) is 5.76 Å². The van der Waals surface area contributed by atoms with Crippen molar-refractivity contribution < 1.29 is 28.9 Å². The summed E-state index contributed by atoms with van der Waals surface area (Å²) in [6.07, 6.45) is 3.11. The van der Waals surface area contributed by atoms with E-state index in [0.717, 1.165) is 0 Å². The number of rotatable bonds is 7. The highest BCUT2D eigenvalue weighted by molar-refractivity contribution is 6.51. The second-order valence-corrected chi connectivity index (χ2v) is 7.97. The first-order valence-corrected chi connectivity index (χ1v) is 11.1. The number of ether oxygens (including phenoxy) is 3. The number of anilines is 1. The molecule has 4 rings (SSSR count). The number of nitrogens with zero attached hydrogens (tertiary/aromatic N) is 2. The third kappa shape index (κ3) is 4.40. The van der Waals surface area contributed by atoms with Crippen LogP contribution in [0.15, 0.2) is 66.5 Å². The first-order chi connectivity index (χ1) is 16.9. The molecule has 1 aromatic heterocycles. The van der Waals surface area contributed by atoms with Gasteiger partial charge in [0.25, 0.3) is 11.7 Å². The number of halogens is 1. The molecule has 0 saturated carbocycles. The van der Waals surface area contributed by atoms with E-state index in [-0.39, 0.29) is 27.7 Å². The van der Waals surface area contributed by atoms with Crippen molar-refractivity contribution in [1.29, 1.82) is 0 Å². The summed E-state index contributed by atoms with van der Waals surface area (Å²) in [6, 6.07) is 12.2. The summed E-state index contributed by atoms with van der Waals surface area (Å²) in [7, 11) is 2.84. The Morgan fingerprint density at radius 1 is 1.06 bits per heavy atom. The second kappa shape index (κ2) is 10.1. The molecular weight excluding hydrogens is 472 g/mol. The van der Waals surface area contributed by atoms with Crippen molar-refractivity contribution in [1.82, 2.24) is 4.98 Å². The molecule has 0 radical (unpaired) electrons. The Labute approximate surface area is 207 Å². The Morgan fingerprint density at radius 2 is 1.77 bits per heavy atom. The van der Waals surface area contributed by atoms with E-state index < -0.39 is 23.5 Å². The maximum atomic E-state index is 13.4. The molecular formula is C26H23ClN2O6. The number of aromatic nitrogens is 1. The van der Waals surface area contributed by atoms with Gasteiger partial charge in [-0.3, -0.25) is 19.5 Å². The van der Waals surface area contributed by atoms with E-state index >= 15 is 0 Å². The van der Waals surface area contributed by atoms with Crippen LogP contribution in [0.5, 0.6) is 17.2 Å². The van der Waals surface area contributed by atoms with Crippen LogP contribution in [0, 0.1) is 0 Å². The smallest absolute Gasteiger partial charge is 0.300 e. The zero-order valence-corrected chi connectivity index (χ0v) is 20.1. The summed E-state index contributed by atoms with van der Waals surface area (Å²) in [5, 5.41) is 11.7. The van der Waals surface area contributed by atoms with Crippen molar-refractivity contribution in [2.45, 2.75) is 13.0 Å². The predicted octanol–water partition coefficient (Wildman–Crippen LogP) is 4.78. The third-order valence-corrected chi connectivity index (χ3v) is 5.90. The lowest BCUT2D eigenvalue weighted by atomic mass is 9.95. The molecule has 1 saturated heterocycles. The van der Waals surface area contributed by atoms with Gasteiger partial charge in [-0.2, -0.15) is 0 Å². The first kappa shape index (κ1) is 24.1. The van der Waals surface area contributed by atoms with E-state index in [2.05, 4.69) is 4.98 Å². The molecule has 0 aliphatic carbocycles. The minimum atomic E-state index is -0.929. The summed E-state index contributed by atoms with van der Waals surface area (Å²) in [4.78, 5) is 32.1. The molecule has 8 nitrogen and oxygen atoms in total. The van der Waals surface area contributed by atoms with Crippen molar-refractivity contribution >= 4 is 34.7 Å². The Morgan fingerprint density at radius 3 is 2.43 bits per heavy atom. The van der Waals surface area contributed by atoms with Crippen LogP contribution in [0.1, 0.15) is 24.1 Å². The van der Waals surface area contributed by atoms with E-state index in [1.807, 2.05) is 6.92 Å². The zero-order chi connectivity index (χ0) is 25.1. The number of pyridine rings is 1. The van der Waals surface area contributed by atoms with Gasteiger partial charge in [-0.1, -0.05) is 17.7 Å². The largest absolute Gasteiger partial charge is 0.507 e. The summed E-state index contributed by atoms with van der Waals surface area (Å²) in [6.45, 7) is 2.29. The minimum absolute atomic E-state index is 0.106. The third-order valence-electron chi connectivity index (χ3n) is 5.60. The molecule has 1 aliphatic rings. The van der Waals surface area contributed by atoms with Crippen LogP contribution in [-0.2, 0) is 9.59 Å². The fraction of sp³-hybridized carbons (Fsp3) is 0.192. The van der Waals surface area contributed by atoms with Gasteiger partial charge in [0.2, 0.25) is 0 Å². The van der Waals surface area contributed by atoms with Gasteiger partial charge in [-0.05, 0) is 42.8 Å². The van der Waals surface area contributed by atoms with Crippen molar-refractivity contribution in [2.75, 3.05) is 25.7 Å². The Kier molecular flexibility index (Phi) is 6.93. The highest BCUT2D eigenvalue weighted by Gasteiger charge is 2.47. The van der Waals surface area contributed by atoms with Crippen molar-refractivity contribution in [3.63, 3.8) is 0 Å². The molecule has 180 valence electrons. The fourth-order valence-electron chi connectivity index (χ4n) is 4.04. The molecule has 0 spiro atoms. The number of benzene rings is 2. The van der Waals surface area contributed by atoms with Gasteiger partial charge in [0.15, 0.2) is 0 Å². The molecule has 1 unspecified atom stereocenters. The Bertz CT molecular complexity index is 1310. The van der Waals surface area contributed by atoms with Crippen molar-refractivity contribution in [3.05, 3.63) is 82.6 Å². The number of aliphatic hydroxyl groups excluding tert-OH is 1. The number of carbonyl (C=O) groups is 2. The number of hydrogen-bond donors (Lipinski definition) is 1. The van der Waals surface area contributed by atoms with Gasteiger partial charge in [-0.15, -0.1) is 0 Å². The predicted molar refractivity (Wildman–Crippen MR) is 131 cm³/mol. The highest BCUT2D eigenvalue weighted by Crippen LogP contribution is 2.45. The summed E-state index contributed by atoms with van der Waals surface area (Å²) < 4.78 is 16.3. The zero-order valence-electron chi connectivity index (χ0n) is 19.3. The number of carbonyl (C=O) groups excluding carboxylic acids is 2. The lowest BCUT2D eigenvalue weighted by Gasteiger charge is -2.26. The van der Waals surface area contributed by atoms with E-state index in [4.69, 9.17) is 25.8 Å². The topological polar surface area (TPSA) is 98.2 Å². The van der Waals surface area contributed by atoms with Crippen LogP contribution in [-0.4, -0.2) is 42.6 Å². The minimum Gasteiger partial charge on any atom is -0.507 e. The van der Waals surface area contributed by atoms with Gasteiger partial charge in [0.05, 0.1) is 43.0 Å². The van der Waals surface area contributed by atoms with E-state index in [1.165, 1.54) is 31.3 Å². The average Bonchev–Trinajstić information content (AvgIpc) is 3.14. The van der Waals surface area contributed by atoms with E-state index in [0.29, 0.717) is 23.6 Å². The standard InChI is InChI=1S/C26H23ClN2O6/c1-4-35-17-7-5-6-16(12-17)29-23(15-8-10-28-11-9-15)22(25(31)26(29)32)24(30)18-13-21(34-3)19(27)14-20(18)33-2/h5-14,23,30H,4H2,1-3H3/b24-22+. The van der Waals surface area contributed by atoms with Crippen LogP contribution in [0.3, 0.4) is 0 Å². The molecule has 35 heavy (non-hydrogen) atoms. The van der Waals surface area contributed by atoms with Crippen LogP contribution < -0.4 is 19.1 Å². The highest BCUT2D eigenvalue weighted by atomic mass is 35.5. The number of Topliss-reactive ketones (excluding diaryl/α,β-unsaturated/α-hetero) is 1.